The molecule has 0 N–H and O–H groups in total. The van der Waals surface area contributed by atoms with Gasteiger partial charge in [-0.2, -0.15) is 0 Å². The first-order valence-corrected chi connectivity index (χ1v) is 11.5. The molecule has 0 radical (unpaired) electrons. The van der Waals surface area contributed by atoms with Crippen molar-refractivity contribution in [1.82, 2.24) is 0 Å². The third-order valence-corrected chi connectivity index (χ3v) is 12.4. The average molecular weight is 354 g/mol. The van der Waals surface area contributed by atoms with Crippen LogP contribution < -0.4 is 0 Å². The Morgan fingerprint density at radius 2 is 1.46 bits per heavy atom. The Bertz CT molecular complexity index is 748. The normalized spacial score (nSPS) is 80.1. The molecule has 2 heterocycles. The maximum absolute atomic E-state index is 7.19. The van der Waals surface area contributed by atoms with E-state index in [4.69, 9.17) is 14.2 Å². The zero-order valence-corrected chi connectivity index (χ0v) is 15.8. The molecule has 16 atom stereocenters. The number of rotatable bonds is 1. The summed E-state index contributed by atoms with van der Waals surface area (Å²) in [5, 5.41) is 0. The molecule has 3 nitrogen and oxygen atoms in total. The highest BCUT2D eigenvalue weighted by Crippen LogP contribution is 2.93. The van der Waals surface area contributed by atoms with Gasteiger partial charge >= 0.3 is 0 Å². The van der Waals surface area contributed by atoms with Gasteiger partial charge in [0.1, 0.15) is 0 Å². The van der Waals surface area contributed by atoms with Gasteiger partial charge in [-0.05, 0) is 84.9 Å². The molecule has 0 aromatic carbocycles. The molecule has 2 aliphatic heterocycles. The van der Waals surface area contributed by atoms with Crippen LogP contribution in [0.5, 0.6) is 0 Å². The van der Waals surface area contributed by atoms with E-state index in [2.05, 4.69) is 6.92 Å². The summed E-state index contributed by atoms with van der Waals surface area (Å²) in [6.45, 7) is 2.72. The zero-order valence-electron chi connectivity index (χ0n) is 15.8. The van der Waals surface area contributed by atoms with E-state index in [1.54, 1.807) is 0 Å². The van der Waals surface area contributed by atoms with Crippen LogP contribution in [0.15, 0.2) is 0 Å². The first-order chi connectivity index (χ1) is 12.7. The van der Waals surface area contributed by atoms with Crippen molar-refractivity contribution < 1.29 is 14.2 Å². The fourth-order valence-electron chi connectivity index (χ4n) is 13.1. The summed E-state index contributed by atoms with van der Waals surface area (Å²) in [4.78, 5) is 0. The predicted molar refractivity (Wildman–Crippen MR) is 92.9 cm³/mol. The number of hydrogen-bond donors (Lipinski definition) is 0. The van der Waals surface area contributed by atoms with Gasteiger partial charge in [-0.1, -0.05) is 6.92 Å². The van der Waals surface area contributed by atoms with Gasteiger partial charge in [0.2, 0.25) is 0 Å². The van der Waals surface area contributed by atoms with Crippen LogP contribution in [-0.2, 0) is 14.2 Å². The van der Waals surface area contributed by atoms with Gasteiger partial charge in [0.15, 0.2) is 6.29 Å². The highest BCUT2D eigenvalue weighted by molar-refractivity contribution is 5.40. The van der Waals surface area contributed by atoms with Gasteiger partial charge in [0.05, 0.1) is 18.3 Å². The smallest absolute Gasteiger partial charge is 0.158 e. The lowest BCUT2D eigenvalue weighted by Gasteiger charge is -2.62. The maximum atomic E-state index is 7.19. The molecule has 0 amide bonds. The second-order valence-corrected chi connectivity index (χ2v) is 12.0. The molecule has 10 fully saturated rings. The van der Waals surface area contributed by atoms with Gasteiger partial charge in [0.25, 0.3) is 0 Å². The number of ether oxygens (including phenoxy) is 3. The third kappa shape index (κ3) is 0.981. The minimum Gasteiger partial charge on any atom is -0.373 e. The summed E-state index contributed by atoms with van der Waals surface area (Å²) < 4.78 is 19.8. The predicted octanol–water partition coefficient (Wildman–Crippen LogP) is 3.33. The van der Waals surface area contributed by atoms with Crippen LogP contribution in [0.25, 0.3) is 0 Å². The molecule has 9 bridgehead atoms. The molecule has 3 heteroatoms. The van der Waals surface area contributed by atoms with Gasteiger partial charge in [-0.3, -0.25) is 0 Å². The zero-order chi connectivity index (χ0) is 16.7. The van der Waals surface area contributed by atoms with Crippen LogP contribution >= 0.6 is 0 Å². The molecule has 8 aliphatic carbocycles. The molecule has 0 aromatic rings. The van der Waals surface area contributed by atoms with E-state index < -0.39 is 0 Å². The molecule has 0 aromatic heterocycles. The molecule has 1 spiro atoms. The maximum Gasteiger partial charge on any atom is 0.158 e. The van der Waals surface area contributed by atoms with Gasteiger partial charge < -0.3 is 14.2 Å². The minimum absolute atomic E-state index is 0.0166. The monoisotopic (exact) mass is 354 g/mol. The fourth-order valence-corrected chi connectivity index (χ4v) is 13.1. The average Bonchev–Trinajstić information content (AvgIpc) is 3.34. The van der Waals surface area contributed by atoms with Crippen molar-refractivity contribution in [2.24, 2.45) is 70.0 Å². The Kier molecular flexibility index (Phi) is 1.99. The SMILES string of the molecule is CO[C@@H]1C[C@]23[C@@H]4[C@H]5[C@H]6[C@H]7[C@H]8[C@@H](CC[C@@H]8O[C@H]2[C@@]7(C)[C@H]5[C@@H]2CC[C@H](O1)[C@@H]24)[C@@H]63. The van der Waals surface area contributed by atoms with Crippen molar-refractivity contribution in [2.45, 2.75) is 63.6 Å². The first-order valence-electron chi connectivity index (χ1n) is 11.5. The molecule has 0 unspecified atom stereocenters. The van der Waals surface area contributed by atoms with Crippen LogP contribution in [0.4, 0.5) is 0 Å². The number of hydrogen-bond acceptors (Lipinski definition) is 3. The van der Waals surface area contributed by atoms with E-state index in [0.717, 1.165) is 65.6 Å². The molecule has 140 valence electrons. The fraction of sp³-hybridized carbons (Fsp3) is 1.00. The molecule has 10 aliphatic rings. The van der Waals surface area contributed by atoms with E-state index in [0.29, 0.717) is 29.1 Å². The largest absolute Gasteiger partial charge is 0.373 e. The lowest BCUT2D eigenvalue weighted by molar-refractivity contribution is -0.265. The van der Waals surface area contributed by atoms with Crippen LogP contribution in [-0.4, -0.2) is 31.7 Å². The van der Waals surface area contributed by atoms with Crippen LogP contribution in [0.3, 0.4) is 0 Å². The standard InChI is InChI=1S/C23H30O3/c1-22-17-8-3-5-10-14(8)20-15(17)16-18-9-4-6-11(13(9)19(16)22)26-21(22)23(18,20)7-12(24-2)25-10/h8-21H,3-7H2,1-2H3/t8-,9-,10+,11+,12+,13+,14-,15+,16-,17+,18+,19-,20+,21+,22+,23+/m1/s1. The Morgan fingerprint density at radius 3 is 2.27 bits per heavy atom. The molecular weight excluding hydrogens is 324 g/mol. The van der Waals surface area contributed by atoms with Crippen LogP contribution in [0.1, 0.15) is 39.0 Å². The van der Waals surface area contributed by atoms with E-state index in [9.17, 15) is 0 Å². The molecule has 26 heavy (non-hydrogen) atoms. The summed E-state index contributed by atoms with van der Waals surface area (Å²) in [6.07, 6.45) is 8.29. The summed E-state index contributed by atoms with van der Waals surface area (Å²) in [5.74, 6) is 9.56. The summed E-state index contributed by atoms with van der Waals surface area (Å²) in [6, 6.07) is 0. The van der Waals surface area contributed by atoms with Gasteiger partial charge in [-0.25, -0.2) is 0 Å². The Morgan fingerprint density at radius 1 is 0.769 bits per heavy atom. The molecular formula is C23H30O3. The Labute approximate surface area is 155 Å². The lowest BCUT2D eigenvalue weighted by Crippen LogP contribution is -2.64. The second kappa shape index (κ2) is 3.71. The van der Waals surface area contributed by atoms with Crippen molar-refractivity contribution in [1.29, 1.82) is 0 Å². The molecule has 8 saturated carbocycles. The lowest BCUT2D eigenvalue weighted by atomic mass is 9.48. The highest BCUT2D eigenvalue weighted by Gasteiger charge is 2.93. The van der Waals surface area contributed by atoms with E-state index >= 15 is 0 Å². The van der Waals surface area contributed by atoms with Crippen molar-refractivity contribution in [3.8, 4) is 0 Å². The van der Waals surface area contributed by atoms with E-state index in [1.165, 1.54) is 25.7 Å². The van der Waals surface area contributed by atoms with Gasteiger partial charge in [-0.15, -0.1) is 0 Å². The summed E-state index contributed by atoms with van der Waals surface area (Å²) in [7, 11) is 1.89. The Balaban J connectivity index is 1.39. The molecule has 10 rings (SSSR count). The minimum atomic E-state index is 0.0166. The first kappa shape index (κ1) is 14.0. The highest BCUT2D eigenvalue weighted by atomic mass is 16.7. The number of methoxy groups -OCH3 is 1. The quantitative estimate of drug-likeness (QED) is 0.723. The van der Waals surface area contributed by atoms with Crippen molar-refractivity contribution in [2.75, 3.05) is 7.11 Å². The van der Waals surface area contributed by atoms with E-state index in [1.807, 2.05) is 7.11 Å². The van der Waals surface area contributed by atoms with Crippen molar-refractivity contribution in [3.05, 3.63) is 0 Å². The van der Waals surface area contributed by atoms with Gasteiger partial charge in [0, 0.05) is 24.4 Å². The Hall–Kier alpha value is -0.120. The third-order valence-electron chi connectivity index (χ3n) is 12.4. The van der Waals surface area contributed by atoms with Crippen LogP contribution in [0.2, 0.25) is 0 Å². The molecule has 2 saturated heterocycles. The van der Waals surface area contributed by atoms with Crippen molar-refractivity contribution in [3.63, 3.8) is 0 Å². The summed E-state index contributed by atoms with van der Waals surface area (Å²) in [5.41, 5.74) is 0.872. The topological polar surface area (TPSA) is 27.7 Å². The second-order valence-electron chi connectivity index (χ2n) is 12.0. The summed E-state index contributed by atoms with van der Waals surface area (Å²) >= 11 is 0. The van der Waals surface area contributed by atoms with E-state index in [-0.39, 0.29) is 6.29 Å². The van der Waals surface area contributed by atoms with Crippen LogP contribution in [0, 0.1) is 70.0 Å². The van der Waals surface area contributed by atoms with Crippen molar-refractivity contribution >= 4 is 0 Å².